The summed E-state index contributed by atoms with van der Waals surface area (Å²) in [6, 6.07) is 15.8. The fraction of sp³-hybridized carbons (Fsp3) is 0.333. The molecule has 2 aromatic heterocycles. The van der Waals surface area contributed by atoms with Crippen LogP contribution in [0.4, 0.5) is 5.82 Å². The lowest BCUT2D eigenvalue weighted by molar-refractivity contribution is 0.0954. The molecule has 0 aliphatic rings. The number of benzene rings is 2. The topological polar surface area (TPSA) is 98.2 Å². The Morgan fingerprint density at radius 2 is 1.74 bits per heavy atom. The first-order valence-electron chi connectivity index (χ1n) is 11.6. The van der Waals surface area contributed by atoms with Crippen LogP contribution < -0.4 is 11.1 Å². The van der Waals surface area contributed by atoms with Gasteiger partial charge in [-0.05, 0) is 41.0 Å². The highest BCUT2D eigenvalue weighted by Crippen LogP contribution is 2.28. The number of nitrogens with one attached hydrogen (secondary N) is 1. The Kier molecular flexibility index (Phi) is 6.37. The Balaban J connectivity index is 1.77. The second kappa shape index (κ2) is 9.25. The summed E-state index contributed by atoms with van der Waals surface area (Å²) in [5.74, 6) is 0.433. The number of hydrogen-bond acceptors (Lipinski definition) is 5. The summed E-state index contributed by atoms with van der Waals surface area (Å²) < 4.78 is 1.50. The zero-order chi connectivity index (χ0) is 24.5. The van der Waals surface area contributed by atoms with Crippen molar-refractivity contribution < 1.29 is 4.79 Å². The Morgan fingerprint density at radius 3 is 2.35 bits per heavy atom. The molecule has 0 atom stereocenters. The number of rotatable bonds is 6. The second-order valence-corrected chi connectivity index (χ2v) is 10.0. The van der Waals surface area contributed by atoms with Gasteiger partial charge in [0.2, 0.25) is 0 Å². The molecule has 0 aliphatic carbocycles. The van der Waals surface area contributed by atoms with E-state index < -0.39 is 0 Å². The summed E-state index contributed by atoms with van der Waals surface area (Å²) in [4.78, 5) is 22.5. The molecular weight excluding hydrogens is 424 g/mol. The molecule has 7 nitrogen and oxygen atoms in total. The molecule has 0 saturated carbocycles. The van der Waals surface area contributed by atoms with Crippen LogP contribution in [0, 0.1) is 5.92 Å². The van der Waals surface area contributed by atoms with Gasteiger partial charge >= 0.3 is 0 Å². The minimum atomic E-state index is -0.267. The number of aromatic nitrogens is 3. The molecule has 2 aromatic carbocycles. The maximum atomic E-state index is 13.1. The van der Waals surface area contributed by atoms with E-state index >= 15 is 0 Å². The number of hydrogen-bond donors (Lipinski definition) is 2. The third-order valence-corrected chi connectivity index (χ3v) is 5.81. The third kappa shape index (κ3) is 4.78. The Bertz CT molecular complexity index is 1360. The first-order valence-corrected chi connectivity index (χ1v) is 11.6. The van der Waals surface area contributed by atoms with E-state index in [-0.39, 0.29) is 17.1 Å². The molecule has 0 radical (unpaired) electrons. The lowest BCUT2D eigenvalue weighted by Crippen LogP contribution is -2.26. The molecule has 0 spiro atoms. The van der Waals surface area contributed by atoms with Crippen LogP contribution in [-0.2, 0) is 5.41 Å². The number of amides is 1. The van der Waals surface area contributed by atoms with Crippen LogP contribution in [0.1, 0.15) is 62.5 Å². The fourth-order valence-electron chi connectivity index (χ4n) is 3.74. The number of para-hydroxylation sites is 2. The van der Waals surface area contributed by atoms with Crippen molar-refractivity contribution in [3.8, 4) is 0 Å². The van der Waals surface area contributed by atoms with Gasteiger partial charge in [0.1, 0.15) is 16.9 Å². The number of carbonyl (C=O) groups is 1. The van der Waals surface area contributed by atoms with E-state index in [0.29, 0.717) is 40.2 Å². The van der Waals surface area contributed by atoms with Crippen molar-refractivity contribution in [2.75, 3.05) is 12.3 Å². The summed E-state index contributed by atoms with van der Waals surface area (Å²) in [7, 11) is 0. The highest BCUT2D eigenvalue weighted by molar-refractivity contribution is 6.10. The molecule has 4 aromatic rings. The Morgan fingerprint density at radius 1 is 1.09 bits per heavy atom. The Hall–Kier alpha value is -3.74. The van der Waals surface area contributed by atoms with Crippen molar-refractivity contribution in [1.82, 2.24) is 20.0 Å². The van der Waals surface area contributed by atoms with E-state index in [1.54, 1.807) is 6.21 Å². The lowest BCUT2D eigenvalue weighted by atomic mass is 9.87. The smallest absolute Gasteiger partial charge is 0.257 e. The third-order valence-electron chi connectivity index (χ3n) is 5.81. The molecule has 0 fully saturated rings. The van der Waals surface area contributed by atoms with Gasteiger partial charge in [-0.15, -0.1) is 0 Å². The van der Waals surface area contributed by atoms with Gasteiger partial charge in [-0.1, -0.05) is 71.0 Å². The SMILES string of the molecule is CC(C)CCNC(=O)c1c(N)n(/N=C\c2ccc(C(C)(C)C)cc2)c2nc3ccccc3nc12. The van der Waals surface area contributed by atoms with Crippen molar-refractivity contribution in [3.05, 3.63) is 65.2 Å². The van der Waals surface area contributed by atoms with Crippen LogP contribution in [-0.4, -0.2) is 33.3 Å². The number of fused-ring (bicyclic) bond motifs is 2. The molecule has 7 heteroatoms. The second-order valence-electron chi connectivity index (χ2n) is 10.0. The van der Waals surface area contributed by atoms with E-state index in [1.165, 1.54) is 10.2 Å². The lowest BCUT2D eigenvalue weighted by Gasteiger charge is -2.18. The van der Waals surface area contributed by atoms with E-state index in [1.807, 2.05) is 36.4 Å². The summed E-state index contributed by atoms with van der Waals surface area (Å²) >= 11 is 0. The maximum Gasteiger partial charge on any atom is 0.257 e. The number of nitrogens with zero attached hydrogens (tertiary/aromatic N) is 4. The van der Waals surface area contributed by atoms with Crippen LogP contribution in [0.15, 0.2) is 53.6 Å². The molecule has 0 bridgehead atoms. The summed E-state index contributed by atoms with van der Waals surface area (Å²) in [6.45, 7) is 11.3. The average molecular weight is 457 g/mol. The van der Waals surface area contributed by atoms with E-state index in [0.717, 1.165) is 12.0 Å². The van der Waals surface area contributed by atoms with Gasteiger partial charge in [-0.2, -0.15) is 9.78 Å². The standard InChI is InChI=1S/C27H32N6O/c1-17(2)14-15-29-26(34)22-23-25(32-21-9-7-6-8-20(21)31-23)33(24(22)28)30-16-18-10-12-19(13-11-18)27(3,4)5/h6-13,16-17H,14-15,28H2,1-5H3,(H,29,34)/b30-16-. The fourth-order valence-corrected chi connectivity index (χ4v) is 3.74. The number of nitrogen functional groups attached to an aromatic ring is 1. The van der Waals surface area contributed by atoms with Crippen molar-refractivity contribution in [1.29, 1.82) is 0 Å². The molecule has 1 amide bonds. The van der Waals surface area contributed by atoms with Gasteiger partial charge in [-0.25, -0.2) is 9.97 Å². The molecule has 0 saturated heterocycles. The van der Waals surface area contributed by atoms with Gasteiger partial charge in [0.15, 0.2) is 5.65 Å². The quantitative estimate of drug-likeness (QED) is 0.393. The monoisotopic (exact) mass is 456 g/mol. The highest BCUT2D eigenvalue weighted by Gasteiger charge is 2.24. The molecular formula is C27H32N6O. The molecule has 3 N–H and O–H groups in total. The number of carbonyl (C=O) groups excluding carboxylic acids is 1. The van der Waals surface area contributed by atoms with Gasteiger partial charge in [-0.3, -0.25) is 4.79 Å². The molecule has 2 heterocycles. The van der Waals surface area contributed by atoms with Crippen LogP contribution >= 0.6 is 0 Å². The van der Waals surface area contributed by atoms with Crippen molar-refractivity contribution in [2.45, 2.75) is 46.5 Å². The van der Waals surface area contributed by atoms with Gasteiger partial charge in [0.25, 0.3) is 5.91 Å². The maximum absolute atomic E-state index is 13.1. The zero-order valence-corrected chi connectivity index (χ0v) is 20.5. The summed E-state index contributed by atoms with van der Waals surface area (Å²) in [5, 5.41) is 7.57. The summed E-state index contributed by atoms with van der Waals surface area (Å²) in [6.07, 6.45) is 2.60. The normalized spacial score (nSPS) is 12.3. The minimum absolute atomic E-state index is 0.0746. The molecule has 0 aliphatic heterocycles. The molecule has 0 unspecified atom stereocenters. The van der Waals surface area contributed by atoms with Gasteiger partial charge in [0, 0.05) is 6.54 Å². The predicted octanol–water partition coefficient (Wildman–Crippen LogP) is 5.12. The predicted molar refractivity (Wildman–Crippen MR) is 139 cm³/mol. The number of anilines is 1. The van der Waals surface area contributed by atoms with Gasteiger partial charge < -0.3 is 11.1 Å². The first kappa shape index (κ1) is 23.4. The largest absolute Gasteiger partial charge is 0.383 e. The van der Waals surface area contributed by atoms with Crippen LogP contribution in [0.25, 0.3) is 22.2 Å². The summed E-state index contributed by atoms with van der Waals surface area (Å²) in [5.41, 5.74) is 11.3. The zero-order valence-electron chi connectivity index (χ0n) is 20.5. The van der Waals surface area contributed by atoms with Crippen molar-refractivity contribution in [2.24, 2.45) is 11.0 Å². The molecule has 176 valence electrons. The van der Waals surface area contributed by atoms with Crippen LogP contribution in [0.5, 0.6) is 0 Å². The van der Waals surface area contributed by atoms with Crippen molar-refractivity contribution in [3.63, 3.8) is 0 Å². The molecule has 34 heavy (non-hydrogen) atoms. The van der Waals surface area contributed by atoms with Crippen molar-refractivity contribution >= 4 is 40.1 Å². The average Bonchev–Trinajstić information content (AvgIpc) is 3.05. The molecule has 4 rings (SSSR count). The van der Waals surface area contributed by atoms with Gasteiger partial charge in [0.05, 0.1) is 17.2 Å². The first-order chi connectivity index (χ1) is 16.1. The van der Waals surface area contributed by atoms with Crippen LogP contribution in [0.2, 0.25) is 0 Å². The van der Waals surface area contributed by atoms with Crippen LogP contribution in [0.3, 0.4) is 0 Å². The van der Waals surface area contributed by atoms with E-state index in [2.05, 4.69) is 57.2 Å². The van der Waals surface area contributed by atoms with E-state index in [9.17, 15) is 4.79 Å². The minimum Gasteiger partial charge on any atom is -0.383 e. The highest BCUT2D eigenvalue weighted by atomic mass is 16.1. The Labute approximate surface area is 200 Å². The number of nitrogens with two attached hydrogens (primary N) is 1. The van der Waals surface area contributed by atoms with E-state index in [4.69, 9.17) is 15.7 Å².